The lowest BCUT2D eigenvalue weighted by molar-refractivity contribution is -0.128. The molecule has 5 heterocycles. The number of pyridine rings is 1. The van der Waals surface area contributed by atoms with Gasteiger partial charge in [-0.2, -0.15) is 10.1 Å². The van der Waals surface area contributed by atoms with Crippen LogP contribution >= 0.6 is 11.6 Å². The number of anilines is 3. The number of hydrogen-bond acceptors (Lipinski definition) is 11. The number of aryl methyl sites for hydroxylation is 2. The van der Waals surface area contributed by atoms with Crippen molar-refractivity contribution in [2.45, 2.75) is 37.8 Å². The molecular formula is C36H40ClN9O6. The van der Waals surface area contributed by atoms with Gasteiger partial charge in [0.1, 0.15) is 17.0 Å². The number of hydrogen-bond donors (Lipinski definition) is 4. The topological polar surface area (TPSA) is 178 Å². The first-order valence-electron chi connectivity index (χ1n) is 17.2. The largest absolute Gasteiger partial charge is 0.493 e. The summed E-state index contributed by atoms with van der Waals surface area (Å²) in [6, 6.07) is 12.9. The Bertz CT molecular complexity index is 2220. The molecule has 2 aromatic carbocycles. The second kappa shape index (κ2) is 14.7. The average molecular weight is 730 g/mol. The van der Waals surface area contributed by atoms with Gasteiger partial charge in [0.25, 0.3) is 11.5 Å². The minimum absolute atomic E-state index is 0.0701. The minimum Gasteiger partial charge on any atom is -0.493 e. The number of likely N-dealkylation sites (N-methyl/N-ethyl adjacent to an activating group) is 1. The van der Waals surface area contributed by atoms with Gasteiger partial charge in [0.2, 0.25) is 11.9 Å². The maximum atomic E-state index is 12.8. The Labute approximate surface area is 303 Å². The van der Waals surface area contributed by atoms with E-state index >= 15 is 0 Å². The van der Waals surface area contributed by atoms with Crippen LogP contribution in [0, 0.1) is 5.92 Å². The first kappa shape index (κ1) is 35.0. The van der Waals surface area contributed by atoms with Crippen LogP contribution in [-0.4, -0.2) is 80.8 Å². The fourth-order valence-corrected chi connectivity index (χ4v) is 6.99. The zero-order valence-corrected chi connectivity index (χ0v) is 29.8. The molecule has 2 amide bonds. The summed E-state index contributed by atoms with van der Waals surface area (Å²) in [6.07, 6.45) is 3.73. The second-order valence-corrected chi connectivity index (χ2v) is 13.6. The van der Waals surface area contributed by atoms with Gasteiger partial charge >= 0.3 is 0 Å². The summed E-state index contributed by atoms with van der Waals surface area (Å²) in [6.45, 7) is 1.72. The number of aromatic nitrogens is 5. The van der Waals surface area contributed by atoms with E-state index in [4.69, 9.17) is 26.1 Å². The van der Waals surface area contributed by atoms with Crippen molar-refractivity contribution in [2.75, 3.05) is 43.6 Å². The summed E-state index contributed by atoms with van der Waals surface area (Å²) < 4.78 is 15.0. The van der Waals surface area contributed by atoms with Crippen molar-refractivity contribution in [1.82, 2.24) is 34.9 Å². The van der Waals surface area contributed by atoms with Crippen molar-refractivity contribution in [3.8, 4) is 11.5 Å². The third-order valence-corrected chi connectivity index (χ3v) is 9.92. The average Bonchev–Trinajstić information content (AvgIpc) is 3.47. The van der Waals surface area contributed by atoms with E-state index < -0.39 is 12.1 Å². The standard InChI is InChI=1S/C36H40ClN9O6/c1-38-31(48)19-52-29-14-21-13-22(6-10-27(21)44(2)35(29)50)40-33-26(37)16-39-36(42-33)46-12-4-5-20(17-46)18-51-23-7-8-24-28(15-23)45(3)43-32(24)25-9-11-30(47)41-34(25)49/h6-8,10,13-16,20,25,30,47H,4-5,9,11-12,17-19H2,1-3H3,(H,38,48)(H,41,49)(H,39,40,42)/t20-,25?,30?/m1/s1. The molecule has 5 aromatic rings. The lowest BCUT2D eigenvalue weighted by Crippen LogP contribution is -2.42. The van der Waals surface area contributed by atoms with E-state index in [-0.39, 0.29) is 35.6 Å². The van der Waals surface area contributed by atoms with Gasteiger partial charge in [-0.3, -0.25) is 19.1 Å². The van der Waals surface area contributed by atoms with Crippen LogP contribution in [0.25, 0.3) is 21.8 Å². The molecule has 0 aliphatic carbocycles. The number of nitrogens with zero attached hydrogens (tertiary/aromatic N) is 6. The Balaban J connectivity index is 1.02. The van der Waals surface area contributed by atoms with Gasteiger partial charge in [-0.15, -0.1) is 0 Å². The Kier molecular flexibility index (Phi) is 9.88. The summed E-state index contributed by atoms with van der Waals surface area (Å²) >= 11 is 6.55. The van der Waals surface area contributed by atoms with Crippen LogP contribution in [0.5, 0.6) is 11.5 Å². The summed E-state index contributed by atoms with van der Waals surface area (Å²) in [5.74, 6) is 1.05. The molecule has 0 saturated carbocycles. The molecule has 2 aliphatic rings. The van der Waals surface area contributed by atoms with Gasteiger partial charge in [-0.05, 0) is 62.1 Å². The minimum atomic E-state index is -0.811. The number of piperidine rings is 2. The van der Waals surface area contributed by atoms with Gasteiger partial charge in [-0.25, -0.2) is 4.98 Å². The van der Waals surface area contributed by atoms with Crippen molar-refractivity contribution in [3.63, 3.8) is 0 Å². The number of aliphatic hydroxyl groups excluding tert-OH is 1. The molecule has 4 N–H and O–H groups in total. The van der Waals surface area contributed by atoms with Crippen LogP contribution < -0.4 is 35.9 Å². The van der Waals surface area contributed by atoms with E-state index in [9.17, 15) is 19.5 Å². The van der Waals surface area contributed by atoms with Gasteiger partial charge in [0.15, 0.2) is 18.2 Å². The number of carbonyl (C=O) groups excluding carboxylic acids is 2. The third-order valence-electron chi connectivity index (χ3n) is 9.65. The molecule has 2 fully saturated rings. The lowest BCUT2D eigenvalue weighted by atomic mass is 9.92. The molecule has 0 radical (unpaired) electrons. The molecule has 2 saturated heterocycles. The predicted octanol–water partition coefficient (Wildman–Crippen LogP) is 3.34. The van der Waals surface area contributed by atoms with Gasteiger partial charge in [0, 0.05) is 62.7 Å². The number of aliphatic hydroxyl groups is 1. The van der Waals surface area contributed by atoms with E-state index in [0.29, 0.717) is 59.7 Å². The van der Waals surface area contributed by atoms with E-state index in [1.165, 1.54) is 11.6 Å². The predicted molar refractivity (Wildman–Crippen MR) is 196 cm³/mol. The Hall–Kier alpha value is -5.41. The molecule has 52 heavy (non-hydrogen) atoms. The zero-order chi connectivity index (χ0) is 36.5. The number of halogens is 1. The summed E-state index contributed by atoms with van der Waals surface area (Å²) in [7, 11) is 5.00. The molecule has 0 spiro atoms. The molecule has 0 bridgehead atoms. The number of nitrogens with one attached hydrogen (secondary N) is 3. The molecule has 272 valence electrons. The van der Waals surface area contributed by atoms with Gasteiger partial charge < -0.3 is 40.0 Å². The van der Waals surface area contributed by atoms with E-state index in [0.717, 1.165) is 41.4 Å². The highest BCUT2D eigenvalue weighted by molar-refractivity contribution is 6.32. The molecular weight excluding hydrogens is 690 g/mol. The zero-order valence-electron chi connectivity index (χ0n) is 29.1. The van der Waals surface area contributed by atoms with Gasteiger partial charge in [0.05, 0.1) is 35.4 Å². The lowest BCUT2D eigenvalue weighted by Gasteiger charge is -2.32. The molecule has 16 heteroatoms. The molecule has 3 aromatic heterocycles. The first-order chi connectivity index (χ1) is 25.1. The number of carbonyl (C=O) groups is 2. The van der Waals surface area contributed by atoms with Crippen molar-refractivity contribution in [1.29, 1.82) is 0 Å². The second-order valence-electron chi connectivity index (χ2n) is 13.2. The molecule has 3 atom stereocenters. The number of amides is 2. The monoisotopic (exact) mass is 729 g/mol. The van der Waals surface area contributed by atoms with Crippen LogP contribution in [0.3, 0.4) is 0 Å². The highest BCUT2D eigenvalue weighted by atomic mass is 35.5. The summed E-state index contributed by atoms with van der Waals surface area (Å²) in [5, 5.41) is 24.8. The number of benzene rings is 2. The number of ether oxygens (including phenoxy) is 2. The third kappa shape index (κ3) is 7.19. The van der Waals surface area contributed by atoms with E-state index in [2.05, 4.69) is 30.9 Å². The molecule has 2 aliphatic heterocycles. The highest BCUT2D eigenvalue weighted by Crippen LogP contribution is 2.33. The van der Waals surface area contributed by atoms with E-state index in [1.54, 1.807) is 24.0 Å². The fourth-order valence-electron chi connectivity index (χ4n) is 6.85. The van der Waals surface area contributed by atoms with Gasteiger partial charge in [-0.1, -0.05) is 11.6 Å². The summed E-state index contributed by atoms with van der Waals surface area (Å²) in [4.78, 5) is 48.5. The van der Waals surface area contributed by atoms with Crippen molar-refractivity contribution < 1.29 is 24.2 Å². The van der Waals surface area contributed by atoms with Crippen LogP contribution in [0.2, 0.25) is 5.02 Å². The molecule has 7 rings (SSSR count). The molecule has 2 unspecified atom stereocenters. The smallest absolute Gasteiger partial charge is 0.293 e. The number of rotatable bonds is 10. The van der Waals surface area contributed by atoms with Crippen LogP contribution in [-0.2, 0) is 23.7 Å². The summed E-state index contributed by atoms with van der Waals surface area (Å²) in [5.41, 5.74) is 2.62. The normalized spacial score (nSPS) is 19.1. The van der Waals surface area contributed by atoms with Crippen molar-refractivity contribution >= 4 is 62.7 Å². The molecule has 15 nitrogen and oxygen atoms in total. The van der Waals surface area contributed by atoms with Crippen molar-refractivity contribution in [3.05, 3.63) is 69.7 Å². The Morgan fingerprint density at radius 2 is 1.92 bits per heavy atom. The number of fused-ring (bicyclic) bond motifs is 2. The van der Waals surface area contributed by atoms with Crippen LogP contribution in [0.15, 0.2) is 53.5 Å². The Morgan fingerprint density at radius 1 is 1.08 bits per heavy atom. The first-order valence-corrected chi connectivity index (χ1v) is 17.5. The van der Waals surface area contributed by atoms with E-state index in [1.807, 2.05) is 43.4 Å². The highest BCUT2D eigenvalue weighted by Gasteiger charge is 2.32. The van der Waals surface area contributed by atoms with Crippen LogP contribution in [0.1, 0.15) is 37.3 Å². The van der Waals surface area contributed by atoms with Crippen LogP contribution in [0.4, 0.5) is 17.5 Å². The maximum Gasteiger partial charge on any atom is 0.293 e. The van der Waals surface area contributed by atoms with Crippen molar-refractivity contribution in [2.24, 2.45) is 20.0 Å². The Morgan fingerprint density at radius 3 is 2.73 bits per heavy atom. The SMILES string of the molecule is CNC(=O)COc1cc2cc(Nc3nc(N4CCC[C@@H](COc5ccc6c(C7CCC(O)NC7=O)nn(C)c6c5)C4)ncc3Cl)ccc2n(C)c1=O. The fraction of sp³-hybridized carbons (Fsp3) is 0.389. The maximum absolute atomic E-state index is 12.8. The quantitative estimate of drug-likeness (QED) is 0.166.